The van der Waals surface area contributed by atoms with Gasteiger partial charge in [-0.25, -0.2) is 4.98 Å². The summed E-state index contributed by atoms with van der Waals surface area (Å²) in [6.45, 7) is 1.17. The van der Waals surface area contributed by atoms with Crippen molar-refractivity contribution in [2.75, 3.05) is 5.32 Å². The maximum absolute atomic E-state index is 5.95. The molecule has 3 aromatic rings. The summed E-state index contributed by atoms with van der Waals surface area (Å²) in [5, 5.41) is 4.03. The maximum Gasteiger partial charge on any atom is 0.126 e. The van der Waals surface area contributed by atoms with Gasteiger partial charge in [-0.15, -0.1) is 0 Å². The fourth-order valence-corrected chi connectivity index (χ4v) is 2.31. The summed E-state index contributed by atoms with van der Waals surface area (Å²) < 4.78 is 5.95. The van der Waals surface area contributed by atoms with Gasteiger partial charge in [-0.3, -0.25) is 0 Å². The first-order chi connectivity index (χ1) is 11.3. The Hall–Kier alpha value is -2.52. The lowest BCUT2D eigenvalue weighted by Crippen LogP contribution is -2.04. The second kappa shape index (κ2) is 7.65. The Kier molecular flexibility index (Phi) is 5.12. The Morgan fingerprint density at radius 2 is 1.70 bits per heavy atom. The molecule has 0 unspecified atom stereocenters. The largest absolute Gasteiger partial charge is 0.489 e. The number of hydrogen-bond acceptors (Lipinski definition) is 3. The summed E-state index contributed by atoms with van der Waals surface area (Å²) in [4.78, 5) is 4.26. The van der Waals surface area contributed by atoms with E-state index in [2.05, 4.69) is 10.3 Å². The van der Waals surface area contributed by atoms with Crippen LogP contribution in [-0.4, -0.2) is 4.98 Å². The highest BCUT2D eigenvalue weighted by Crippen LogP contribution is 2.21. The van der Waals surface area contributed by atoms with Crippen LogP contribution >= 0.6 is 11.6 Å². The van der Waals surface area contributed by atoms with Crippen molar-refractivity contribution in [3.63, 3.8) is 0 Å². The minimum absolute atomic E-state index is 0.512. The molecule has 1 aromatic heterocycles. The Balaban J connectivity index is 1.64. The summed E-state index contributed by atoms with van der Waals surface area (Å²) in [6.07, 6.45) is 1.77. The van der Waals surface area contributed by atoms with Gasteiger partial charge in [0.15, 0.2) is 0 Å². The third-order valence-electron chi connectivity index (χ3n) is 3.41. The van der Waals surface area contributed by atoms with Crippen LogP contribution in [0.25, 0.3) is 0 Å². The molecule has 0 saturated heterocycles. The molecule has 0 aliphatic carbocycles. The minimum Gasteiger partial charge on any atom is -0.489 e. The molecule has 0 bridgehead atoms. The molecule has 0 aliphatic heterocycles. The number of halogens is 1. The molecule has 0 atom stereocenters. The molecule has 3 nitrogen and oxygen atoms in total. The number of ether oxygens (including phenoxy) is 1. The molecule has 0 aliphatic rings. The van der Waals surface area contributed by atoms with Gasteiger partial charge in [-0.1, -0.05) is 48.0 Å². The van der Waals surface area contributed by atoms with Crippen molar-refractivity contribution in [1.29, 1.82) is 0 Å². The van der Waals surface area contributed by atoms with Crippen molar-refractivity contribution in [2.45, 2.75) is 13.2 Å². The van der Waals surface area contributed by atoms with E-state index in [1.807, 2.05) is 66.7 Å². The number of nitrogens with zero attached hydrogens (tertiary/aromatic N) is 1. The number of pyridine rings is 1. The van der Waals surface area contributed by atoms with E-state index < -0.39 is 0 Å². The number of benzene rings is 2. The zero-order valence-corrected chi connectivity index (χ0v) is 13.3. The first kappa shape index (κ1) is 15.4. The highest BCUT2D eigenvalue weighted by atomic mass is 35.5. The Morgan fingerprint density at radius 3 is 2.48 bits per heavy atom. The lowest BCUT2D eigenvalue weighted by Gasteiger charge is -2.12. The van der Waals surface area contributed by atoms with Crippen LogP contribution in [0, 0.1) is 0 Å². The molecular weight excluding hydrogens is 308 g/mol. The lowest BCUT2D eigenvalue weighted by atomic mass is 10.2. The fourth-order valence-electron chi connectivity index (χ4n) is 2.19. The van der Waals surface area contributed by atoms with Crippen molar-refractivity contribution in [2.24, 2.45) is 0 Å². The van der Waals surface area contributed by atoms with Gasteiger partial charge < -0.3 is 10.1 Å². The molecule has 0 radical (unpaired) electrons. The lowest BCUT2D eigenvalue weighted by molar-refractivity contribution is 0.303. The van der Waals surface area contributed by atoms with E-state index in [0.717, 1.165) is 27.7 Å². The van der Waals surface area contributed by atoms with Gasteiger partial charge in [0.05, 0.1) is 0 Å². The molecule has 2 aromatic carbocycles. The predicted molar refractivity (Wildman–Crippen MR) is 93.8 cm³/mol. The van der Waals surface area contributed by atoms with Crippen LogP contribution in [0.3, 0.4) is 0 Å². The van der Waals surface area contributed by atoms with E-state index in [1.165, 1.54) is 0 Å². The molecule has 0 saturated carbocycles. The normalized spacial score (nSPS) is 10.3. The second-order valence-electron chi connectivity index (χ2n) is 5.09. The van der Waals surface area contributed by atoms with Crippen LogP contribution in [0.5, 0.6) is 5.75 Å². The van der Waals surface area contributed by atoms with Gasteiger partial charge in [0.1, 0.15) is 18.2 Å². The van der Waals surface area contributed by atoms with Crippen LogP contribution < -0.4 is 10.1 Å². The Labute approximate surface area is 140 Å². The topological polar surface area (TPSA) is 34.1 Å². The Bertz CT molecular complexity index is 745. The standard InChI is InChI=1S/C19H17ClN2O/c20-17-10-8-15(9-11-17)14-23-18-6-2-1-5-16(18)13-22-19-7-3-4-12-21-19/h1-12H,13-14H2,(H,21,22). The van der Waals surface area contributed by atoms with Crippen molar-refractivity contribution in [3.05, 3.63) is 89.1 Å². The molecule has 1 N–H and O–H groups in total. The van der Waals surface area contributed by atoms with Gasteiger partial charge in [0, 0.05) is 23.3 Å². The first-order valence-corrected chi connectivity index (χ1v) is 7.79. The van der Waals surface area contributed by atoms with Crippen molar-refractivity contribution in [1.82, 2.24) is 4.98 Å². The van der Waals surface area contributed by atoms with Gasteiger partial charge in [0.25, 0.3) is 0 Å². The van der Waals surface area contributed by atoms with Crippen molar-refractivity contribution < 1.29 is 4.74 Å². The average molecular weight is 325 g/mol. The third kappa shape index (κ3) is 4.47. The highest BCUT2D eigenvalue weighted by Gasteiger charge is 2.04. The highest BCUT2D eigenvalue weighted by molar-refractivity contribution is 6.30. The molecule has 4 heteroatoms. The summed E-state index contributed by atoms with van der Waals surface area (Å²) in [5.41, 5.74) is 2.18. The summed E-state index contributed by atoms with van der Waals surface area (Å²) in [5.74, 6) is 1.71. The van der Waals surface area contributed by atoms with Crippen LogP contribution in [0.2, 0.25) is 5.02 Å². The van der Waals surface area contributed by atoms with Gasteiger partial charge in [0.2, 0.25) is 0 Å². The first-order valence-electron chi connectivity index (χ1n) is 7.41. The summed E-state index contributed by atoms with van der Waals surface area (Å²) in [7, 11) is 0. The zero-order valence-electron chi connectivity index (χ0n) is 12.6. The molecule has 1 heterocycles. The average Bonchev–Trinajstić information content (AvgIpc) is 2.61. The summed E-state index contributed by atoms with van der Waals surface area (Å²) >= 11 is 5.90. The van der Waals surface area contributed by atoms with Crippen LogP contribution in [0.1, 0.15) is 11.1 Å². The van der Waals surface area contributed by atoms with Crippen LogP contribution in [0.15, 0.2) is 72.9 Å². The predicted octanol–water partition coefficient (Wildman–Crippen LogP) is 4.93. The van der Waals surface area contributed by atoms with E-state index in [9.17, 15) is 0 Å². The molecule has 3 rings (SSSR count). The maximum atomic E-state index is 5.95. The Morgan fingerprint density at radius 1 is 0.913 bits per heavy atom. The fraction of sp³-hybridized carbons (Fsp3) is 0.105. The smallest absolute Gasteiger partial charge is 0.126 e. The zero-order chi connectivity index (χ0) is 15.9. The van der Waals surface area contributed by atoms with Gasteiger partial charge >= 0.3 is 0 Å². The van der Waals surface area contributed by atoms with Crippen LogP contribution in [-0.2, 0) is 13.2 Å². The van der Waals surface area contributed by atoms with Crippen molar-refractivity contribution in [3.8, 4) is 5.75 Å². The number of aromatic nitrogens is 1. The SMILES string of the molecule is Clc1ccc(COc2ccccc2CNc2ccccn2)cc1. The molecule has 23 heavy (non-hydrogen) atoms. The number of para-hydroxylation sites is 1. The number of nitrogens with one attached hydrogen (secondary N) is 1. The van der Waals surface area contributed by atoms with E-state index >= 15 is 0 Å². The quantitative estimate of drug-likeness (QED) is 0.698. The van der Waals surface area contributed by atoms with E-state index in [1.54, 1.807) is 6.20 Å². The van der Waals surface area contributed by atoms with Crippen LogP contribution in [0.4, 0.5) is 5.82 Å². The minimum atomic E-state index is 0.512. The van der Waals surface area contributed by atoms with E-state index in [-0.39, 0.29) is 0 Å². The second-order valence-corrected chi connectivity index (χ2v) is 5.53. The van der Waals surface area contributed by atoms with E-state index in [0.29, 0.717) is 13.2 Å². The summed E-state index contributed by atoms with van der Waals surface area (Å²) in [6, 6.07) is 21.5. The van der Waals surface area contributed by atoms with Crippen molar-refractivity contribution >= 4 is 17.4 Å². The number of anilines is 1. The van der Waals surface area contributed by atoms with Gasteiger partial charge in [-0.05, 0) is 35.9 Å². The molecule has 0 spiro atoms. The molecule has 0 amide bonds. The monoisotopic (exact) mass is 324 g/mol. The molecular formula is C19H17ClN2O. The number of rotatable bonds is 6. The van der Waals surface area contributed by atoms with E-state index in [4.69, 9.17) is 16.3 Å². The van der Waals surface area contributed by atoms with Gasteiger partial charge in [-0.2, -0.15) is 0 Å². The third-order valence-corrected chi connectivity index (χ3v) is 3.66. The number of hydrogen-bond donors (Lipinski definition) is 1. The molecule has 116 valence electrons. The molecule has 0 fully saturated rings.